The highest BCUT2D eigenvalue weighted by atomic mass is 19.4. The summed E-state index contributed by atoms with van der Waals surface area (Å²) in [6.07, 6.45) is -4.15. The van der Waals surface area contributed by atoms with E-state index in [9.17, 15) is 13.2 Å². The second-order valence-electron chi connectivity index (χ2n) is 5.14. The van der Waals surface area contributed by atoms with Gasteiger partial charge in [-0.1, -0.05) is 38.1 Å². The molecular weight excluding hydrogens is 253 g/mol. The maximum atomic E-state index is 12.2. The van der Waals surface area contributed by atoms with Gasteiger partial charge in [-0.3, -0.25) is 4.90 Å². The lowest BCUT2D eigenvalue weighted by atomic mass is 10.1. The Labute approximate surface area is 112 Å². The van der Waals surface area contributed by atoms with Gasteiger partial charge in [-0.05, 0) is 18.2 Å². The molecule has 0 aliphatic heterocycles. The maximum absolute atomic E-state index is 12.2. The van der Waals surface area contributed by atoms with Crippen LogP contribution in [-0.4, -0.2) is 30.7 Å². The Balaban J connectivity index is 2.56. The largest absolute Gasteiger partial charge is 0.401 e. The number of hydrogen-bond donors (Lipinski definition) is 1. The first kappa shape index (κ1) is 16.0. The molecular formula is C14H21F3N2. The zero-order valence-electron chi connectivity index (χ0n) is 11.6. The zero-order chi connectivity index (χ0) is 14.5. The van der Waals surface area contributed by atoms with Crippen LogP contribution in [0, 0.1) is 0 Å². The minimum Gasteiger partial charge on any atom is -0.310 e. The third-order valence-corrected chi connectivity index (χ3v) is 2.61. The summed E-state index contributed by atoms with van der Waals surface area (Å²) in [5.41, 5.74) is 1.99. The summed E-state index contributed by atoms with van der Waals surface area (Å²) >= 11 is 0. The average Bonchev–Trinajstić information content (AvgIpc) is 2.24. The first-order chi connectivity index (χ1) is 8.76. The van der Waals surface area contributed by atoms with Crippen LogP contribution in [-0.2, 0) is 13.1 Å². The molecule has 19 heavy (non-hydrogen) atoms. The van der Waals surface area contributed by atoms with Gasteiger partial charge in [-0.2, -0.15) is 13.2 Å². The highest BCUT2D eigenvalue weighted by Gasteiger charge is 2.28. The summed E-state index contributed by atoms with van der Waals surface area (Å²) < 4.78 is 36.7. The molecule has 0 saturated carbocycles. The smallest absolute Gasteiger partial charge is 0.310 e. The Morgan fingerprint density at radius 2 is 1.84 bits per heavy atom. The van der Waals surface area contributed by atoms with Crippen molar-refractivity contribution in [2.75, 3.05) is 13.6 Å². The predicted molar refractivity (Wildman–Crippen MR) is 70.8 cm³/mol. The van der Waals surface area contributed by atoms with Crippen molar-refractivity contribution >= 4 is 0 Å². The van der Waals surface area contributed by atoms with Crippen LogP contribution in [0.25, 0.3) is 0 Å². The van der Waals surface area contributed by atoms with Crippen LogP contribution < -0.4 is 5.32 Å². The molecule has 0 aliphatic carbocycles. The summed E-state index contributed by atoms with van der Waals surface area (Å²) in [6, 6.07) is 8.04. The molecule has 0 heterocycles. The lowest BCUT2D eigenvalue weighted by molar-refractivity contribution is -0.144. The lowest BCUT2D eigenvalue weighted by Crippen LogP contribution is -2.30. The van der Waals surface area contributed by atoms with Crippen molar-refractivity contribution in [2.24, 2.45) is 0 Å². The van der Waals surface area contributed by atoms with Gasteiger partial charge in [-0.25, -0.2) is 0 Å². The first-order valence-electron chi connectivity index (χ1n) is 6.33. The van der Waals surface area contributed by atoms with Crippen molar-refractivity contribution in [3.05, 3.63) is 35.4 Å². The molecule has 108 valence electrons. The van der Waals surface area contributed by atoms with Crippen molar-refractivity contribution in [1.82, 2.24) is 10.2 Å². The summed E-state index contributed by atoms with van der Waals surface area (Å²) in [6.45, 7) is 4.26. The normalized spacial score (nSPS) is 12.4. The molecule has 0 spiro atoms. The van der Waals surface area contributed by atoms with E-state index in [2.05, 4.69) is 19.2 Å². The van der Waals surface area contributed by atoms with E-state index in [1.165, 1.54) is 11.9 Å². The summed E-state index contributed by atoms with van der Waals surface area (Å²) in [7, 11) is 1.48. The van der Waals surface area contributed by atoms with E-state index in [1.54, 1.807) is 0 Å². The minimum atomic E-state index is -4.15. The van der Waals surface area contributed by atoms with Crippen LogP contribution in [0.5, 0.6) is 0 Å². The Kier molecular flexibility index (Phi) is 5.82. The van der Waals surface area contributed by atoms with Crippen molar-refractivity contribution in [3.8, 4) is 0 Å². The van der Waals surface area contributed by atoms with Crippen LogP contribution in [0.3, 0.4) is 0 Å². The molecule has 0 fully saturated rings. The van der Waals surface area contributed by atoms with Gasteiger partial charge in [0.2, 0.25) is 0 Å². The highest BCUT2D eigenvalue weighted by molar-refractivity contribution is 5.23. The fourth-order valence-corrected chi connectivity index (χ4v) is 1.83. The van der Waals surface area contributed by atoms with Gasteiger partial charge in [-0.15, -0.1) is 0 Å². The summed E-state index contributed by atoms with van der Waals surface area (Å²) in [4.78, 5) is 1.27. The Hall–Kier alpha value is -1.07. The molecule has 0 atom stereocenters. The SMILES string of the molecule is CC(C)NCc1cccc(CN(C)CC(F)(F)F)c1. The molecule has 1 aromatic carbocycles. The summed E-state index contributed by atoms with van der Waals surface area (Å²) in [5, 5.41) is 3.29. The minimum absolute atomic E-state index is 0.301. The maximum Gasteiger partial charge on any atom is 0.401 e. The molecule has 0 aliphatic rings. The molecule has 1 aromatic rings. The van der Waals surface area contributed by atoms with Crippen molar-refractivity contribution < 1.29 is 13.2 Å². The molecule has 0 aromatic heterocycles. The van der Waals surface area contributed by atoms with Crippen molar-refractivity contribution in [2.45, 2.75) is 39.2 Å². The number of alkyl halides is 3. The molecule has 0 saturated heterocycles. The molecule has 0 amide bonds. The van der Waals surface area contributed by atoms with Gasteiger partial charge in [0.15, 0.2) is 0 Å². The standard InChI is InChI=1S/C14H21F3N2/c1-11(2)18-8-12-5-4-6-13(7-12)9-19(3)10-14(15,16)17/h4-7,11,18H,8-10H2,1-3H3. The molecule has 1 rings (SSSR count). The van der Waals surface area contributed by atoms with Crippen LogP contribution in [0.15, 0.2) is 24.3 Å². The molecule has 5 heteroatoms. The second kappa shape index (κ2) is 6.91. The monoisotopic (exact) mass is 274 g/mol. The number of hydrogen-bond acceptors (Lipinski definition) is 2. The third kappa shape index (κ3) is 7.18. The number of halogens is 3. The fraction of sp³-hybridized carbons (Fsp3) is 0.571. The molecule has 0 radical (unpaired) electrons. The van der Waals surface area contributed by atoms with Gasteiger partial charge >= 0.3 is 6.18 Å². The topological polar surface area (TPSA) is 15.3 Å². The number of rotatable bonds is 6. The van der Waals surface area contributed by atoms with Crippen LogP contribution >= 0.6 is 0 Å². The molecule has 0 bridgehead atoms. The van der Waals surface area contributed by atoms with Gasteiger partial charge in [0.25, 0.3) is 0 Å². The highest BCUT2D eigenvalue weighted by Crippen LogP contribution is 2.17. The zero-order valence-corrected chi connectivity index (χ0v) is 11.6. The van der Waals surface area contributed by atoms with E-state index < -0.39 is 12.7 Å². The second-order valence-corrected chi connectivity index (χ2v) is 5.14. The van der Waals surface area contributed by atoms with E-state index >= 15 is 0 Å². The number of nitrogens with zero attached hydrogens (tertiary/aromatic N) is 1. The average molecular weight is 274 g/mol. The number of benzene rings is 1. The van der Waals surface area contributed by atoms with Gasteiger partial charge in [0.05, 0.1) is 6.54 Å². The van der Waals surface area contributed by atoms with Gasteiger partial charge < -0.3 is 5.32 Å². The molecule has 1 N–H and O–H groups in total. The van der Waals surface area contributed by atoms with E-state index in [-0.39, 0.29) is 0 Å². The van der Waals surface area contributed by atoms with E-state index in [4.69, 9.17) is 0 Å². The lowest BCUT2D eigenvalue weighted by Gasteiger charge is -2.19. The third-order valence-electron chi connectivity index (χ3n) is 2.61. The van der Waals surface area contributed by atoms with Gasteiger partial charge in [0.1, 0.15) is 0 Å². The molecule has 2 nitrogen and oxygen atoms in total. The van der Waals surface area contributed by atoms with Crippen molar-refractivity contribution in [1.29, 1.82) is 0 Å². The molecule has 0 unspecified atom stereocenters. The predicted octanol–water partition coefficient (Wildman–Crippen LogP) is 3.18. The van der Waals surface area contributed by atoms with E-state index in [0.29, 0.717) is 12.6 Å². The van der Waals surface area contributed by atoms with E-state index in [1.807, 2.05) is 24.3 Å². The van der Waals surface area contributed by atoms with Crippen molar-refractivity contribution in [3.63, 3.8) is 0 Å². The Morgan fingerprint density at radius 3 is 2.42 bits per heavy atom. The number of nitrogens with one attached hydrogen (secondary N) is 1. The quantitative estimate of drug-likeness (QED) is 0.857. The van der Waals surface area contributed by atoms with E-state index in [0.717, 1.165) is 17.7 Å². The first-order valence-corrected chi connectivity index (χ1v) is 6.33. The van der Waals surface area contributed by atoms with Gasteiger partial charge in [0, 0.05) is 19.1 Å². The van der Waals surface area contributed by atoms with Crippen LogP contribution in [0.4, 0.5) is 13.2 Å². The Morgan fingerprint density at radius 1 is 1.21 bits per heavy atom. The van der Waals surface area contributed by atoms with Crippen LogP contribution in [0.2, 0.25) is 0 Å². The van der Waals surface area contributed by atoms with Crippen LogP contribution in [0.1, 0.15) is 25.0 Å². The summed E-state index contributed by atoms with van der Waals surface area (Å²) in [5.74, 6) is 0. The Bertz CT molecular complexity index is 389. The fourth-order valence-electron chi connectivity index (χ4n) is 1.83.